The lowest BCUT2D eigenvalue weighted by Crippen LogP contribution is -2.22. The van der Waals surface area contributed by atoms with Crippen molar-refractivity contribution in [1.29, 1.82) is 0 Å². The smallest absolute Gasteiger partial charge is 0.133 e. The van der Waals surface area contributed by atoms with E-state index in [9.17, 15) is 5.11 Å². The molecule has 29 heavy (non-hydrogen) atoms. The molecule has 0 amide bonds. The molecule has 8 nitrogen and oxygen atoms in total. The molecule has 0 saturated carbocycles. The zero-order valence-electron chi connectivity index (χ0n) is 16.2. The summed E-state index contributed by atoms with van der Waals surface area (Å²) >= 11 is 0. The molecule has 2 N–H and O–H groups in total. The maximum absolute atomic E-state index is 9.64. The Hall–Kier alpha value is -3.65. The zero-order valence-corrected chi connectivity index (χ0v) is 16.2. The van der Waals surface area contributed by atoms with Gasteiger partial charge >= 0.3 is 0 Å². The van der Waals surface area contributed by atoms with Crippen molar-refractivity contribution < 1.29 is 14.6 Å². The minimum absolute atomic E-state index is 0.0352. The van der Waals surface area contributed by atoms with Gasteiger partial charge in [-0.1, -0.05) is 0 Å². The quantitative estimate of drug-likeness (QED) is 0.499. The highest BCUT2D eigenvalue weighted by Crippen LogP contribution is 2.33. The van der Waals surface area contributed by atoms with Gasteiger partial charge in [-0.3, -0.25) is 10.1 Å². The Kier molecular flexibility index (Phi) is 5.26. The van der Waals surface area contributed by atoms with Crippen LogP contribution in [0.4, 0.5) is 11.5 Å². The molecule has 0 aliphatic rings. The highest BCUT2D eigenvalue weighted by molar-refractivity contribution is 5.82. The van der Waals surface area contributed by atoms with Gasteiger partial charge in [0.25, 0.3) is 0 Å². The fourth-order valence-corrected chi connectivity index (χ4v) is 3.14. The molecule has 3 heterocycles. The van der Waals surface area contributed by atoms with Crippen LogP contribution in [0.1, 0.15) is 0 Å². The number of aliphatic hydroxyl groups excluding tert-OH is 1. The van der Waals surface area contributed by atoms with Gasteiger partial charge in [-0.25, -0.2) is 4.98 Å². The van der Waals surface area contributed by atoms with Gasteiger partial charge in [-0.15, -0.1) is 0 Å². The number of anilines is 2. The van der Waals surface area contributed by atoms with Crippen molar-refractivity contribution in [2.24, 2.45) is 0 Å². The summed E-state index contributed by atoms with van der Waals surface area (Å²) in [5.74, 6) is 2.01. The van der Waals surface area contributed by atoms with Gasteiger partial charge in [0, 0.05) is 54.0 Å². The predicted octanol–water partition coefficient (Wildman–Crippen LogP) is 3.17. The maximum atomic E-state index is 9.64. The highest BCUT2D eigenvalue weighted by Gasteiger charge is 2.14. The molecular formula is C21H21N5O3. The van der Waals surface area contributed by atoms with Crippen LogP contribution in [0.25, 0.3) is 22.2 Å². The number of aromatic amines is 1. The van der Waals surface area contributed by atoms with E-state index >= 15 is 0 Å². The van der Waals surface area contributed by atoms with Gasteiger partial charge < -0.3 is 19.5 Å². The van der Waals surface area contributed by atoms with Gasteiger partial charge in [-0.05, 0) is 18.2 Å². The number of nitrogens with one attached hydrogen (secondary N) is 1. The second-order valence-corrected chi connectivity index (χ2v) is 6.36. The van der Waals surface area contributed by atoms with Crippen molar-refractivity contribution >= 4 is 22.5 Å². The summed E-state index contributed by atoms with van der Waals surface area (Å²) in [6.45, 7) is 0.330. The lowest BCUT2D eigenvalue weighted by atomic mass is 10.1. The Labute approximate surface area is 167 Å². The minimum atomic E-state index is -0.0352. The van der Waals surface area contributed by atoms with Crippen molar-refractivity contribution in [3.05, 3.63) is 55.0 Å². The van der Waals surface area contributed by atoms with E-state index < -0.39 is 0 Å². The first-order valence-corrected chi connectivity index (χ1v) is 9.09. The molecule has 0 radical (unpaired) electrons. The number of benzene rings is 1. The summed E-state index contributed by atoms with van der Waals surface area (Å²) in [7, 11) is 3.21. The third-order valence-electron chi connectivity index (χ3n) is 4.60. The number of nitrogens with zero attached hydrogens (tertiary/aromatic N) is 4. The first-order valence-electron chi connectivity index (χ1n) is 9.09. The van der Waals surface area contributed by atoms with Gasteiger partial charge in [0.1, 0.15) is 17.3 Å². The Bertz CT molecular complexity index is 1090. The van der Waals surface area contributed by atoms with E-state index in [-0.39, 0.29) is 6.61 Å². The summed E-state index contributed by atoms with van der Waals surface area (Å²) in [5, 5.41) is 16.4. The number of hydrogen-bond acceptors (Lipinski definition) is 7. The van der Waals surface area contributed by atoms with Gasteiger partial charge in [0.05, 0.1) is 38.1 Å². The van der Waals surface area contributed by atoms with Crippen LogP contribution in [0.15, 0.2) is 55.0 Å². The van der Waals surface area contributed by atoms with E-state index in [2.05, 4.69) is 15.2 Å². The molecule has 0 bridgehead atoms. The fourth-order valence-electron chi connectivity index (χ4n) is 3.14. The molecule has 0 saturated heterocycles. The first-order chi connectivity index (χ1) is 14.2. The van der Waals surface area contributed by atoms with E-state index in [0.29, 0.717) is 23.9 Å². The van der Waals surface area contributed by atoms with Crippen molar-refractivity contribution in [3.63, 3.8) is 0 Å². The van der Waals surface area contributed by atoms with Gasteiger partial charge in [0.15, 0.2) is 0 Å². The van der Waals surface area contributed by atoms with Gasteiger partial charge in [-0.2, -0.15) is 5.10 Å². The van der Waals surface area contributed by atoms with Crippen molar-refractivity contribution in [1.82, 2.24) is 20.2 Å². The van der Waals surface area contributed by atoms with E-state index in [1.807, 2.05) is 41.4 Å². The lowest BCUT2D eigenvalue weighted by molar-refractivity contribution is 0.305. The number of aliphatic hydroxyl groups is 1. The number of fused-ring (bicyclic) bond motifs is 1. The molecule has 1 aromatic carbocycles. The molecule has 0 spiro atoms. The molecule has 0 atom stereocenters. The standard InChI is InChI=1S/C21H21N5O3/c1-28-17-8-16(9-18(10-17)29-2)26(5-6-27)21-4-3-19-20(25-21)7-14(11-22-19)15-12-23-24-13-15/h3-4,7-13,27H,5-6H2,1-2H3,(H,23,24). The number of methoxy groups -OCH3 is 2. The predicted molar refractivity (Wildman–Crippen MR) is 111 cm³/mol. The Morgan fingerprint density at radius 3 is 2.41 bits per heavy atom. The van der Waals surface area contributed by atoms with E-state index in [1.54, 1.807) is 32.7 Å². The number of H-pyrrole nitrogens is 1. The molecule has 3 aromatic heterocycles. The molecule has 0 aliphatic heterocycles. The van der Waals surface area contributed by atoms with E-state index in [4.69, 9.17) is 14.5 Å². The summed E-state index contributed by atoms with van der Waals surface area (Å²) in [6, 6.07) is 11.3. The fraction of sp³-hybridized carbons (Fsp3) is 0.190. The van der Waals surface area contributed by atoms with Crippen LogP contribution < -0.4 is 14.4 Å². The second kappa shape index (κ2) is 8.15. The molecule has 0 aliphatic carbocycles. The molecule has 4 aromatic rings. The van der Waals surface area contributed by atoms with Crippen LogP contribution >= 0.6 is 0 Å². The number of hydrogen-bond donors (Lipinski definition) is 2. The lowest BCUT2D eigenvalue weighted by Gasteiger charge is -2.24. The topological polar surface area (TPSA) is 96.4 Å². The largest absolute Gasteiger partial charge is 0.497 e. The second-order valence-electron chi connectivity index (χ2n) is 6.36. The van der Waals surface area contributed by atoms with Crippen LogP contribution in [0, 0.1) is 0 Å². The van der Waals surface area contributed by atoms with Crippen LogP contribution in [-0.4, -0.2) is 52.6 Å². The third kappa shape index (κ3) is 3.83. The average Bonchev–Trinajstić information content (AvgIpc) is 3.31. The molecule has 8 heteroatoms. The summed E-state index contributed by atoms with van der Waals surface area (Å²) < 4.78 is 10.8. The van der Waals surface area contributed by atoms with Crippen molar-refractivity contribution in [2.75, 3.05) is 32.3 Å². The minimum Gasteiger partial charge on any atom is -0.497 e. The summed E-state index contributed by atoms with van der Waals surface area (Å²) in [4.78, 5) is 11.2. The van der Waals surface area contributed by atoms with E-state index in [0.717, 1.165) is 27.8 Å². The maximum Gasteiger partial charge on any atom is 0.133 e. The average molecular weight is 391 g/mol. The first kappa shape index (κ1) is 18.7. The normalized spacial score (nSPS) is 10.9. The Morgan fingerprint density at radius 1 is 0.966 bits per heavy atom. The van der Waals surface area contributed by atoms with Crippen LogP contribution in [0.3, 0.4) is 0 Å². The number of pyridine rings is 2. The SMILES string of the molecule is COc1cc(OC)cc(N(CCO)c2ccc3ncc(-c4cn[nH]c4)cc3n2)c1. The highest BCUT2D eigenvalue weighted by atomic mass is 16.5. The van der Waals surface area contributed by atoms with Crippen LogP contribution in [-0.2, 0) is 0 Å². The van der Waals surface area contributed by atoms with Crippen molar-refractivity contribution in [3.8, 4) is 22.6 Å². The molecule has 4 rings (SSSR count). The zero-order chi connectivity index (χ0) is 20.2. The third-order valence-corrected chi connectivity index (χ3v) is 4.60. The van der Waals surface area contributed by atoms with Crippen LogP contribution in [0.5, 0.6) is 11.5 Å². The Morgan fingerprint density at radius 2 is 1.76 bits per heavy atom. The Balaban J connectivity index is 1.79. The van der Waals surface area contributed by atoms with Crippen LogP contribution in [0.2, 0.25) is 0 Å². The number of ether oxygens (including phenoxy) is 2. The van der Waals surface area contributed by atoms with Crippen molar-refractivity contribution in [2.45, 2.75) is 0 Å². The number of aromatic nitrogens is 4. The monoisotopic (exact) mass is 391 g/mol. The van der Waals surface area contributed by atoms with E-state index in [1.165, 1.54) is 0 Å². The number of rotatable bonds is 7. The molecule has 0 unspecified atom stereocenters. The van der Waals surface area contributed by atoms with Gasteiger partial charge in [0.2, 0.25) is 0 Å². The molecular weight excluding hydrogens is 370 g/mol. The molecule has 0 fully saturated rings. The molecule has 148 valence electrons. The summed E-state index contributed by atoms with van der Waals surface area (Å²) in [6.07, 6.45) is 5.35. The summed E-state index contributed by atoms with van der Waals surface area (Å²) in [5.41, 5.74) is 4.21.